The number of methoxy groups -OCH3 is 1. The molecule has 6 aromatic carbocycles. The minimum Gasteiger partial charge on any atom is -0.490 e. The molecular weight excluding hydrogens is 1500 g/mol. The lowest BCUT2D eigenvalue weighted by atomic mass is 9.85. The predicted octanol–water partition coefficient (Wildman–Crippen LogP) is 7.60. The summed E-state index contributed by atoms with van der Waals surface area (Å²) in [6, 6.07) is 27.1. The lowest BCUT2D eigenvalue weighted by molar-refractivity contribution is -0.146. The van der Waals surface area contributed by atoms with Gasteiger partial charge in [-0.1, -0.05) is 168 Å². The molecule has 0 saturated carbocycles. The second-order valence-electron chi connectivity index (χ2n) is 34.1. The number of amides is 9. The van der Waals surface area contributed by atoms with E-state index < -0.39 is 148 Å². The maximum absolute atomic E-state index is 15.4. The van der Waals surface area contributed by atoms with E-state index in [4.69, 9.17) is 18.9 Å². The Morgan fingerprint density at radius 3 is 1.56 bits per heavy atom. The maximum atomic E-state index is 15.4. The highest BCUT2D eigenvalue weighted by atomic mass is 16.6. The Kier molecular flexibility index (Phi) is 28.4. The molecule has 1 aromatic heterocycles. The summed E-state index contributed by atoms with van der Waals surface area (Å²) in [5, 5.41) is 40.6. The van der Waals surface area contributed by atoms with Gasteiger partial charge in [-0.05, 0) is 146 Å². The quantitative estimate of drug-likeness (QED) is 0.0407. The molecule has 10 bridgehead atoms. The van der Waals surface area contributed by atoms with Crippen LogP contribution < -0.4 is 41.4 Å². The summed E-state index contributed by atoms with van der Waals surface area (Å²) >= 11 is 0. The Labute approximate surface area is 682 Å². The van der Waals surface area contributed by atoms with Crippen LogP contribution in [-0.4, -0.2) is 219 Å². The van der Waals surface area contributed by atoms with Crippen molar-refractivity contribution < 1.29 is 76.8 Å². The molecule has 117 heavy (non-hydrogen) atoms. The summed E-state index contributed by atoms with van der Waals surface area (Å²) in [6.45, 7) is 18.9. The van der Waals surface area contributed by atoms with Crippen molar-refractivity contribution in [1.82, 2.24) is 66.5 Å². The number of esters is 1. The van der Waals surface area contributed by atoms with Crippen LogP contribution in [0.5, 0.6) is 11.5 Å². The van der Waals surface area contributed by atoms with Crippen LogP contribution in [0.15, 0.2) is 152 Å². The van der Waals surface area contributed by atoms with Crippen molar-refractivity contribution in [1.29, 1.82) is 0 Å². The fourth-order valence-electron chi connectivity index (χ4n) is 14.5. The highest BCUT2D eigenvalue weighted by Gasteiger charge is 2.49. The van der Waals surface area contributed by atoms with Crippen LogP contribution >= 0.6 is 0 Å². The summed E-state index contributed by atoms with van der Waals surface area (Å²) in [5.74, 6) is -6.87. The van der Waals surface area contributed by atoms with E-state index in [1.165, 1.54) is 35.6 Å². The first-order valence-electron chi connectivity index (χ1n) is 39.6. The van der Waals surface area contributed by atoms with Gasteiger partial charge in [-0.25, -0.2) is 19.1 Å². The van der Waals surface area contributed by atoms with Crippen LogP contribution in [0.3, 0.4) is 0 Å². The zero-order valence-corrected chi connectivity index (χ0v) is 69.3. The molecule has 7 N–H and O–H groups in total. The highest BCUT2D eigenvalue weighted by molar-refractivity contribution is 5.99. The molecule has 12 unspecified atom stereocenters. The largest absolute Gasteiger partial charge is 0.490 e. The molecule has 29 nitrogen and oxygen atoms in total. The molecule has 7 aromatic rings. The first-order chi connectivity index (χ1) is 55.3. The van der Waals surface area contributed by atoms with E-state index in [1.807, 2.05) is 91.0 Å². The third-order valence-corrected chi connectivity index (χ3v) is 21.7. The van der Waals surface area contributed by atoms with Gasteiger partial charge in [-0.3, -0.25) is 48.2 Å². The van der Waals surface area contributed by atoms with Crippen molar-refractivity contribution in [2.45, 2.75) is 200 Å². The third kappa shape index (κ3) is 23.1. The van der Waals surface area contributed by atoms with Crippen molar-refractivity contribution in [2.24, 2.45) is 16.7 Å². The van der Waals surface area contributed by atoms with Crippen LogP contribution in [0.25, 0.3) is 21.5 Å². The molecule has 624 valence electrons. The summed E-state index contributed by atoms with van der Waals surface area (Å²) in [7, 11) is 6.09. The molecule has 12 atom stereocenters. The zero-order valence-electron chi connectivity index (χ0n) is 69.3. The molecule has 9 amide bonds. The summed E-state index contributed by atoms with van der Waals surface area (Å²) < 4.78 is 24.7. The number of hydrogen-bond acceptors (Lipinski definition) is 18. The Balaban J connectivity index is 0.975. The lowest BCUT2D eigenvalue weighted by Crippen LogP contribution is -2.61. The minimum atomic E-state index is -1.50. The van der Waals surface area contributed by atoms with Crippen molar-refractivity contribution in [3.8, 4) is 11.5 Å². The highest BCUT2D eigenvalue weighted by Crippen LogP contribution is 2.35. The maximum Gasteiger partial charge on any atom is 0.410 e. The normalized spacial score (nSPS) is 21.3. The van der Waals surface area contributed by atoms with Crippen LogP contribution in [0.2, 0.25) is 0 Å². The first-order valence-corrected chi connectivity index (χ1v) is 39.6. The molecule has 2 fully saturated rings. The fraction of sp³-hybridized carbons (Fsp3) is 0.466. The number of aliphatic carboxylic acids is 1. The van der Waals surface area contributed by atoms with Crippen LogP contribution in [0.1, 0.15) is 129 Å². The van der Waals surface area contributed by atoms with Crippen LogP contribution in [0.4, 0.5) is 4.79 Å². The standard InChI is InChI=1S/C88H111N13O16/c1-52(97(12)13)75(102)93-74(87(6,7)8)82(109)100-50-64-47-72(100)80(107)90-67(44-56-27-33-59-23-16-18-25-61(59)40-56)77(104)91-69(83(110)111)42-54-29-35-65(36-30-54)115-39-21-20-22-58-46-71(99(48-58)81(108)73(86(3,4)5)94-76(103)53(2)98(14)85(113)117-88(9,10)11)79(106)89-68(45-57-28-34-60-24-17-19-26-62(60)41-57)78(105)92-70(84(112)114-15)43-55-31-37-66(38-32-55)116-51-63-49-101(64)96-95-63/h16-21,23-38,40-41,49,52-53,58,64,67-74H,22,39,42-48,50-51H2,1-15H3,(H,89,106)(H,90,107)(H,91,104)(H,92,105)(H,93,102)(H,94,103)(H,110,111). The Bertz CT molecular complexity index is 4790. The van der Waals surface area contributed by atoms with E-state index >= 15 is 24.0 Å². The van der Waals surface area contributed by atoms with Gasteiger partial charge in [0.2, 0.25) is 47.3 Å². The molecule has 13 rings (SSSR count). The van der Waals surface area contributed by atoms with Gasteiger partial charge in [-0.15, -0.1) is 5.10 Å². The molecule has 0 radical (unpaired) electrons. The molecule has 0 spiro atoms. The van der Waals surface area contributed by atoms with Crippen molar-refractivity contribution in [2.75, 3.05) is 47.9 Å². The number of carbonyl (C=O) groups excluding carboxylic acids is 10. The monoisotopic (exact) mass is 1610 g/mol. The average Bonchev–Trinajstić information content (AvgIpc) is 1.65. The van der Waals surface area contributed by atoms with Crippen molar-refractivity contribution in [3.63, 3.8) is 0 Å². The Hall–Kier alpha value is -11.7. The topological polar surface area (TPSA) is 361 Å². The molecule has 7 heterocycles. The number of carboxylic acids is 1. The van der Waals surface area contributed by atoms with Gasteiger partial charge < -0.3 is 65.8 Å². The SMILES string of the molecule is COC(=O)C1Cc2ccc(cc2)OCc2cn(nn2)C2CC(C(=O)NC(Cc3ccc4ccccc4c3)C(=O)NC(C(=O)O)Cc3ccc(cc3)OCC=CCC3CC(C(=O)NC(Cc4ccc5ccccc5c4)C(=O)N1)N(C(=O)C(NC(=O)C(C)N(C)C(=O)OC(C)(C)C)C(C)(C)C)C3)N(C(=O)C(NC(=O)C(C)N(C)C)C(C)(C)C)C2. The van der Waals surface area contributed by atoms with Gasteiger partial charge in [0.25, 0.3) is 0 Å². The smallest absolute Gasteiger partial charge is 0.410 e. The van der Waals surface area contributed by atoms with Crippen molar-refractivity contribution >= 4 is 86.8 Å². The number of likely N-dealkylation sites (N-methyl/N-ethyl adjacent to an activating group) is 2. The number of rotatable bonds is 14. The number of ether oxygens (including phenoxy) is 4. The Morgan fingerprint density at radius 1 is 0.581 bits per heavy atom. The minimum absolute atomic E-state index is 0.0315. The van der Waals surface area contributed by atoms with Crippen LogP contribution in [0, 0.1) is 16.7 Å². The van der Waals surface area contributed by atoms with E-state index in [-0.39, 0.29) is 70.7 Å². The van der Waals surface area contributed by atoms with E-state index in [2.05, 4.69) is 42.2 Å². The van der Waals surface area contributed by atoms with E-state index in [0.29, 0.717) is 45.9 Å². The second kappa shape index (κ2) is 37.9. The number of fused-ring (bicyclic) bond motifs is 2. The summed E-state index contributed by atoms with van der Waals surface area (Å²) in [6.07, 6.45) is 4.52. The summed E-state index contributed by atoms with van der Waals surface area (Å²) in [4.78, 5) is 166. The lowest BCUT2D eigenvalue weighted by Gasteiger charge is -2.37. The Morgan fingerprint density at radius 2 is 1.06 bits per heavy atom. The average molecular weight is 1610 g/mol. The number of likely N-dealkylation sites (tertiary alicyclic amines) is 2. The van der Waals surface area contributed by atoms with Crippen LogP contribution in [-0.2, 0) is 89.7 Å². The van der Waals surface area contributed by atoms with Gasteiger partial charge >= 0.3 is 18.0 Å². The zero-order chi connectivity index (χ0) is 85.0. The number of nitrogens with zero attached hydrogens (tertiary/aromatic N) is 7. The van der Waals surface area contributed by atoms with E-state index in [1.54, 1.807) is 149 Å². The molecule has 0 aliphatic carbocycles. The number of carboxylic acid groups (broad SMARTS) is 1. The van der Waals surface area contributed by atoms with Gasteiger partial charge in [0.1, 0.15) is 90.4 Å². The predicted molar refractivity (Wildman–Crippen MR) is 439 cm³/mol. The number of nitrogens with one attached hydrogen (secondary N) is 6. The van der Waals surface area contributed by atoms with E-state index in [0.717, 1.165) is 26.4 Å². The van der Waals surface area contributed by atoms with Gasteiger partial charge in [0, 0.05) is 52.2 Å². The number of carbonyl (C=O) groups is 11. The summed E-state index contributed by atoms with van der Waals surface area (Å²) in [5.41, 5.74) is 0.0448. The molecule has 2 saturated heterocycles. The number of aromatic nitrogens is 3. The fourth-order valence-corrected chi connectivity index (χ4v) is 14.5. The number of hydrogen-bond donors (Lipinski definition) is 7. The number of allylic oxidation sites excluding steroid dienone is 1. The molecular formula is C88H111N13O16. The van der Waals surface area contributed by atoms with Gasteiger partial charge in [0.15, 0.2) is 0 Å². The third-order valence-electron chi connectivity index (χ3n) is 21.7. The van der Waals surface area contributed by atoms with Crippen molar-refractivity contribution in [3.05, 3.63) is 180 Å². The first kappa shape index (κ1) is 87.6. The molecule has 29 heteroatoms. The van der Waals surface area contributed by atoms with E-state index in [9.17, 15) is 33.9 Å². The molecule has 6 aliphatic rings. The van der Waals surface area contributed by atoms with Gasteiger partial charge in [-0.2, -0.15) is 0 Å². The van der Waals surface area contributed by atoms with Gasteiger partial charge in [0.05, 0.1) is 25.4 Å². The molecule has 6 aliphatic heterocycles. The second-order valence-corrected chi connectivity index (χ2v) is 34.1. The number of benzene rings is 6.